The van der Waals surface area contributed by atoms with Crippen LogP contribution in [0, 0.1) is 0 Å². The van der Waals surface area contributed by atoms with Gasteiger partial charge in [-0.1, -0.05) is 12.1 Å². The van der Waals surface area contributed by atoms with Gasteiger partial charge in [0.2, 0.25) is 0 Å². The molecule has 4 nitrogen and oxygen atoms in total. The number of hydrogen-bond donors (Lipinski definition) is 1. The zero-order valence-electron chi connectivity index (χ0n) is 12.7. The Kier molecular flexibility index (Phi) is 7.15. The van der Waals surface area contributed by atoms with Gasteiger partial charge < -0.3 is 15.0 Å². The van der Waals surface area contributed by atoms with E-state index in [1.54, 1.807) is 24.1 Å². The molecule has 1 aliphatic heterocycles. The zero-order chi connectivity index (χ0) is 16.2. The fourth-order valence-electron chi connectivity index (χ4n) is 2.45. The van der Waals surface area contributed by atoms with Crippen LogP contribution in [-0.2, 0) is 0 Å². The minimum absolute atomic E-state index is 0. The van der Waals surface area contributed by atoms with E-state index < -0.39 is 12.8 Å². The number of amides is 1. The number of alkyl halides is 3. The molecule has 0 unspecified atom stereocenters. The van der Waals surface area contributed by atoms with Gasteiger partial charge in [0.05, 0.1) is 5.56 Å². The third kappa shape index (κ3) is 5.58. The van der Waals surface area contributed by atoms with Gasteiger partial charge in [-0.05, 0) is 31.5 Å². The molecule has 8 heteroatoms. The number of carbonyl (C=O) groups is 1. The van der Waals surface area contributed by atoms with Crippen LogP contribution in [0.3, 0.4) is 0 Å². The number of nitrogens with zero attached hydrogens (tertiary/aromatic N) is 1. The van der Waals surface area contributed by atoms with E-state index in [9.17, 15) is 18.0 Å². The Morgan fingerprint density at radius 1 is 1.39 bits per heavy atom. The van der Waals surface area contributed by atoms with Gasteiger partial charge >= 0.3 is 6.18 Å². The number of para-hydroxylation sites is 1. The molecule has 1 heterocycles. The maximum atomic E-state index is 12.5. The smallest absolute Gasteiger partial charge is 0.422 e. The summed E-state index contributed by atoms with van der Waals surface area (Å²) >= 11 is 0. The van der Waals surface area contributed by atoms with Gasteiger partial charge in [0.25, 0.3) is 5.91 Å². The summed E-state index contributed by atoms with van der Waals surface area (Å²) in [5, 5.41) is 3.21. The largest absolute Gasteiger partial charge is 0.483 e. The molecule has 1 aromatic rings. The summed E-state index contributed by atoms with van der Waals surface area (Å²) in [4.78, 5) is 14.1. The number of halogens is 4. The van der Waals surface area contributed by atoms with Gasteiger partial charge in [-0.2, -0.15) is 13.2 Å². The van der Waals surface area contributed by atoms with Crippen LogP contribution in [0.4, 0.5) is 13.2 Å². The number of nitrogens with one attached hydrogen (secondary N) is 1. The summed E-state index contributed by atoms with van der Waals surface area (Å²) in [5.41, 5.74) is 0.153. The lowest BCUT2D eigenvalue weighted by Gasteiger charge is -2.32. The fourth-order valence-corrected chi connectivity index (χ4v) is 2.45. The summed E-state index contributed by atoms with van der Waals surface area (Å²) in [6, 6.07) is 6.06. The van der Waals surface area contributed by atoms with Crippen LogP contribution in [0.15, 0.2) is 24.3 Å². The summed E-state index contributed by atoms with van der Waals surface area (Å²) in [6.45, 7) is 0.198. The lowest BCUT2D eigenvalue weighted by atomic mass is 10.0. The van der Waals surface area contributed by atoms with Gasteiger partial charge in [0.1, 0.15) is 5.75 Å². The number of piperidine rings is 1. The highest BCUT2D eigenvalue weighted by Gasteiger charge is 2.30. The molecule has 1 atom stereocenters. The zero-order valence-corrected chi connectivity index (χ0v) is 13.5. The van der Waals surface area contributed by atoms with Crippen molar-refractivity contribution in [3.63, 3.8) is 0 Å². The van der Waals surface area contributed by atoms with E-state index in [0.717, 1.165) is 19.4 Å². The number of hydrogen-bond acceptors (Lipinski definition) is 3. The van der Waals surface area contributed by atoms with Crippen LogP contribution in [0.25, 0.3) is 0 Å². The molecule has 1 fully saturated rings. The van der Waals surface area contributed by atoms with Gasteiger partial charge in [0.15, 0.2) is 6.61 Å². The quantitative estimate of drug-likeness (QED) is 0.906. The molecule has 1 aliphatic rings. The molecule has 1 aromatic carbocycles. The number of likely N-dealkylation sites (N-methyl/N-ethyl adjacent to an activating group) is 1. The minimum Gasteiger partial charge on any atom is -0.483 e. The molecule has 130 valence electrons. The van der Waals surface area contributed by atoms with Crippen molar-refractivity contribution in [2.45, 2.75) is 25.1 Å². The van der Waals surface area contributed by atoms with Gasteiger partial charge in [-0.25, -0.2) is 0 Å². The van der Waals surface area contributed by atoms with Crippen molar-refractivity contribution >= 4 is 18.3 Å². The predicted molar refractivity (Wildman–Crippen MR) is 83.2 cm³/mol. The Hall–Kier alpha value is -1.47. The van der Waals surface area contributed by atoms with Crippen molar-refractivity contribution in [2.75, 3.05) is 26.7 Å². The molecule has 2 rings (SSSR count). The molecular weight excluding hydrogens is 333 g/mol. The molecule has 0 spiro atoms. The maximum Gasteiger partial charge on any atom is 0.422 e. The van der Waals surface area contributed by atoms with Crippen molar-refractivity contribution in [3.05, 3.63) is 29.8 Å². The number of ether oxygens (including phenoxy) is 1. The van der Waals surface area contributed by atoms with E-state index >= 15 is 0 Å². The molecule has 1 saturated heterocycles. The Morgan fingerprint density at radius 3 is 2.70 bits per heavy atom. The number of benzene rings is 1. The van der Waals surface area contributed by atoms with Crippen molar-refractivity contribution in [3.8, 4) is 5.75 Å². The van der Waals surface area contributed by atoms with E-state index in [1.165, 1.54) is 12.1 Å². The van der Waals surface area contributed by atoms with Crippen molar-refractivity contribution in [1.82, 2.24) is 10.2 Å². The van der Waals surface area contributed by atoms with Crippen LogP contribution in [-0.4, -0.2) is 49.8 Å². The maximum absolute atomic E-state index is 12.5. The van der Waals surface area contributed by atoms with Gasteiger partial charge in [-0.3, -0.25) is 4.79 Å². The second kappa shape index (κ2) is 8.40. The Morgan fingerprint density at radius 2 is 2.09 bits per heavy atom. The monoisotopic (exact) mass is 352 g/mol. The van der Waals surface area contributed by atoms with Crippen molar-refractivity contribution in [1.29, 1.82) is 0 Å². The Bertz CT molecular complexity index is 520. The minimum atomic E-state index is -4.44. The second-order valence-corrected chi connectivity index (χ2v) is 5.32. The number of carbonyl (C=O) groups excluding carboxylic acids is 1. The highest BCUT2D eigenvalue weighted by molar-refractivity contribution is 5.97. The molecule has 1 amide bonds. The molecule has 23 heavy (non-hydrogen) atoms. The van der Waals surface area contributed by atoms with E-state index in [-0.39, 0.29) is 35.7 Å². The standard InChI is InChI=1S/C15H19F3N2O2.ClH/c1-20(11-5-4-8-19-9-11)14(21)12-6-2-3-7-13(12)22-10-15(16,17)18;/h2-3,6-7,11,19H,4-5,8-10H2,1H3;1H/t11-;/m1./s1. The number of rotatable bonds is 4. The second-order valence-electron chi connectivity index (χ2n) is 5.32. The van der Waals surface area contributed by atoms with E-state index in [1.807, 2.05) is 0 Å². The van der Waals surface area contributed by atoms with E-state index in [2.05, 4.69) is 5.32 Å². The van der Waals surface area contributed by atoms with Crippen LogP contribution < -0.4 is 10.1 Å². The molecule has 0 radical (unpaired) electrons. The van der Waals surface area contributed by atoms with Crippen LogP contribution in [0.2, 0.25) is 0 Å². The molecule has 0 aliphatic carbocycles. The molecule has 0 bridgehead atoms. The fraction of sp³-hybridized carbons (Fsp3) is 0.533. The Labute approximate surface area is 139 Å². The van der Waals surface area contributed by atoms with Crippen LogP contribution >= 0.6 is 12.4 Å². The first-order valence-electron chi connectivity index (χ1n) is 7.15. The summed E-state index contributed by atoms with van der Waals surface area (Å²) < 4.78 is 41.7. The topological polar surface area (TPSA) is 41.6 Å². The highest BCUT2D eigenvalue weighted by Crippen LogP contribution is 2.24. The van der Waals surface area contributed by atoms with Crippen LogP contribution in [0.5, 0.6) is 5.75 Å². The lowest BCUT2D eigenvalue weighted by Crippen LogP contribution is -2.46. The molecule has 0 aromatic heterocycles. The SMILES string of the molecule is CN(C(=O)c1ccccc1OCC(F)(F)F)[C@@H]1CCCNC1.Cl. The lowest BCUT2D eigenvalue weighted by molar-refractivity contribution is -0.153. The molecule has 0 saturated carbocycles. The van der Waals surface area contributed by atoms with Crippen LogP contribution in [0.1, 0.15) is 23.2 Å². The van der Waals surface area contributed by atoms with Crippen molar-refractivity contribution < 1.29 is 22.7 Å². The van der Waals surface area contributed by atoms with Gasteiger partial charge in [-0.15, -0.1) is 12.4 Å². The average molecular weight is 353 g/mol. The van der Waals surface area contributed by atoms with E-state index in [4.69, 9.17) is 4.74 Å². The predicted octanol–water partition coefficient (Wildman–Crippen LogP) is 2.87. The Balaban J connectivity index is 0.00000264. The van der Waals surface area contributed by atoms with Gasteiger partial charge in [0, 0.05) is 19.6 Å². The highest BCUT2D eigenvalue weighted by atomic mass is 35.5. The molecule has 1 N–H and O–H groups in total. The first-order chi connectivity index (χ1) is 10.4. The first kappa shape index (κ1) is 19.6. The third-order valence-electron chi connectivity index (χ3n) is 3.65. The van der Waals surface area contributed by atoms with E-state index in [0.29, 0.717) is 6.54 Å². The molecular formula is C15H20ClF3N2O2. The average Bonchev–Trinajstić information content (AvgIpc) is 2.52. The summed E-state index contributed by atoms with van der Waals surface area (Å²) in [5.74, 6) is -0.369. The third-order valence-corrected chi connectivity index (χ3v) is 3.65. The van der Waals surface area contributed by atoms with Crippen molar-refractivity contribution in [2.24, 2.45) is 0 Å². The summed E-state index contributed by atoms with van der Waals surface area (Å²) in [6.07, 6.45) is -2.59. The summed E-state index contributed by atoms with van der Waals surface area (Å²) in [7, 11) is 1.67. The normalized spacial score (nSPS) is 18.0. The first-order valence-corrected chi connectivity index (χ1v) is 7.15.